The second-order valence-corrected chi connectivity index (χ2v) is 25.7. The number of nitrogens with one attached hydrogen (secondary N) is 1. The summed E-state index contributed by atoms with van der Waals surface area (Å²) in [6.45, 7) is 1.71. The van der Waals surface area contributed by atoms with Crippen LogP contribution in [0.1, 0.15) is 271 Å². The molecule has 3 heterocycles. The van der Waals surface area contributed by atoms with Crippen LogP contribution in [0, 0.1) is 0 Å². The Hall–Kier alpha value is -1.99. The third kappa shape index (κ3) is 34.3. The van der Waals surface area contributed by atoms with Gasteiger partial charge >= 0.3 is 0 Å². The SMILES string of the molecule is CCCCCCC/C=C\CCCCCCCC(=O)NC(COC1OC(CO)C(OC2OC(CO)C(OC3OC(CO)C(O)C(O)C3O)C(O)C2O)C(O)C1O)C(O)/C=C/CC/C=C/CCCCCCCCCCCCCCCCCCCCCCCCCC. The van der Waals surface area contributed by atoms with Crippen molar-refractivity contribution < 1.29 is 89.4 Å². The molecule has 1 amide bonds. The van der Waals surface area contributed by atoms with E-state index < -0.39 is 124 Å². The number of carbonyl (C=O) groups is 1. The molecule has 0 radical (unpaired) electrons. The van der Waals surface area contributed by atoms with Crippen LogP contribution in [0.15, 0.2) is 36.5 Å². The van der Waals surface area contributed by atoms with Crippen LogP contribution in [0.3, 0.4) is 0 Å². The lowest BCUT2D eigenvalue weighted by atomic mass is 9.96. The molecule has 3 aliphatic heterocycles. The van der Waals surface area contributed by atoms with E-state index in [2.05, 4.69) is 43.5 Å². The summed E-state index contributed by atoms with van der Waals surface area (Å²) >= 11 is 0. The van der Waals surface area contributed by atoms with E-state index in [0.29, 0.717) is 12.8 Å². The zero-order chi connectivity index (χ0) is 64.7. The van der Waals surface area contributed by atoms with E-state index in [1.165, 1.54) is 180 Å². The number of carbonyl (C=O) groups excluding carboxylic acids is 1. The fraction of sp³-hybridized carbons (Fsp3) is 0.900. The van der Waals surface area contributed by atoms with Gasteiger partial charge in [-0.3, -0.25) is 4.79 Å². The zero-order valence-electron chi connectivity index (χ0n) is 55.2. The van der Waals surface area contributed by atoms with E-state index in [-0.39, 0.29) is 18.9 Å². The van der Waals surface area contributed by atoms with Crippen molar-refractivity contribution in [1.29, 1.82) is 0 Å². The van der Waals surface area contributed by atoms with Crippen molar-refractivity contribution in [3.05, 3.63) is 36.5 Å². The second kappa shape index (κ2) is 52.3. The molecule has 0 aromatic carbocycles. The second-order valence-electron chi connectivity index (χ2n) is 25.7. The molecule has 3 saturated heterocycles. The maximum atomic E-state index is 13.4. The molecule has 19 nitrogen and oxygen atoms in total. The molecule has 0 bridgehead atoms. The molecule has 3 fully saturated rings. The molecule has 17 unspecified atom stereocenters. The summed E-state index contributed by atoms with van der Waals surface area (Å²) < 4.78 is 34.3. The van der Waals surface area contributed by atoms with Gasteiger partial charge in [0.2, 0.25) is 5.91 Å². The number of ether oxygens (including phenoxy) is 6. The Morgan fingerprint density at radius 2 is 0.719 bits per heavy atom. The summed E-state index contributed by atoms with van der Waals surface area (Å²) in [5, 5.41) is 120. The number of hydrogen-bond donors (Lipinski definition) is 12. The van der Waals surface area contributed by atoms with Crippen molar-refractivity contribution in [1.82, 2.24) is 5.32 Å². The van der Waals surface area contributed by atoms with E-state index in [4.69, 9.17) is 28.4 Å². The minimum absolute atomic E-state index is 0.226. The molecule has 0 saturated carbocycles. The van der Waals surface area contributed by atoms with Gasteiger partial charge < -0.3 is 89.9 Å². The molecular weight excluding hydrogens is 1140 g/mol. The number of aliphatic hydroxyl groups excluding tert-OH is 11. The third-order valence-corrected chi connectivity index (χ3v) is 17.9. The van der Waals surface area contributed by atoms with Gasteiger partial charge in [-0.2, -0.15) is 0 Å². The van der Waals surface area contributed by atoms with Crippen LogP contribution in [0.2, 0.25) is 0 Å². The Morgan fingerprint density at radius 3 is 1.12 bits per heavy atom. The monoisotopic (exact) mass is 1270 g/mol. The van der Waals surface area contributed by atoms with Crippen molar-refractivity contribution in [3.8, 4) is 0 Å². The predicted octanol–water partition coefficient (Wildman–Crippen LogP) is 9.61. The summed E-state index contributed by atoms with van der Waals surface area (Å²) in [5.74, 6) is -0.293. The molecule has 89 heavy (non-hydrogen) atoms. The fourth-order valence-corrected chi connectivity index (χ4v) is 12.1. The first-order valence-corrected chi connectivity index (χ1v) is 35.7. The van der Waals surface area contributed by atoms with E-state index >= 15 is 0 Å². The number of rotatable bonds is 55. The average molecular weight is 1270 g/mol. The first-order valence-electron chi connectivity index (χ1n) is 35.7. The summed E-state index contributed by atoms with van der Waals surface area (Å²) in [6, 6.07) is -0.994. The lowest BCUT2D eigenvalue weighted by molar-refractivity contribution is -0.379. The highest BCUT2D eigenvalue weighted by molar-refractivity contribution is 5.76. The maximum absolute atomic E-state index is 13.4. The number of aliphatic hydroxyl groups is 11. The summed E-state index contributed by atoms with van der Waals surface area (Å²) in [4.78, 5) is 13.4. The first kappa shape index (κ1) is 81.2. The van der Waals surface area contributed by atoms with Gasteiger partial charge in [0.1, 0.15) is 73.2 Å². The molecule has 0 aromatic heterocycles. The normalized spacial score (nSPS) is 28.4. The molecular formula is C70H129NO18. The summed E-state index contributed by atoms with van der Waals surface area (Å²) in [7, 11) is 0. The Labute approximate surface area is 536 Å². The molecule has 12 N–H and O–H groups in total. The van der Waals surface area contributed by atoms with E-state index in [0.717, 1.165) is 57.8 Å². The molecule has 0 spiro atoms. The van der Waals surface area contributed by atoms with Crippen LogP contribution in [0.5, 0.6) is 0 Å². The highest BCUT2D eigenvalue weighted by atomic mass is 16.8. The predicted molar refractivity (Wildman–Crippen MR) is 346 cm³/mol. The minimum atomic E-state index is -1.98. The van der Waals surface area contributed by atoms with Gasteiger partial charge in [-0.25, -0.2) is 0 Å². The molecule has 19 heteroatoms. The van der Waals surface area contributed by atoms with Crippen molar-refractivity contribution >= 4 is 5.91 Å². The Kier molecular flexibility index (Phi) is 47.7. The van der Waals surface area contributed by atoms with Crippen LogP contribution in [0.25, 0.3) is 0 Å². The molecule has 0 aromatic rings. The van der Waals surface area contributed by atoms with Gasteiger partial charge in [-0.1, -0.05) is 243 Å². The lowest BCUT2D eigenvalue weighted by Crippen LogP contribution is -2.66. The number of hydrogen-bond acceptors (Lipinski definition) is 18. The van der Waals surface area contributed by atoms with Gasteiger partial charge in [0.15, 0.2) is 18.9 Å². The van der Waals surface area contributed by atoms with Crippen LogP contribution in [0.4, 0.5) is 0 Å². The smallest absolute Gasteiger partial charge is 0.220 e. The number of allylic oxidation sites excluding steroid dienone is 5. The standard InChI is InChI=1S/C70H129NO18/c1-3-5-7-9-11-13-15-17-19-20-21-22-23-24-25-26-27-28-29-30-31-32-33-34-35-37-39-41-43-45-47-54(75)53(71-58(76)48-46-44-42-40-38-36-18-16-14-12-10-8-6-4-2)52-84-68-64(82)61(79)66(56(50-73)86-68)89-70-65(83)62(80)67(57(51-74)87-70)88-69-63(81)60(78)59(77)55(49-72)85-69/h16,18,37,39,45,47,53-57,59-70,72-75,77-83H,3-15,17,19-36,38,40-44,46,48-52H2,1-2H3,(H,71,76)/b18-16-,39-37+,47-45+. The molecule has 522 valence electrons. The summed E-state index contributed by atoms with van der Waals surface area (Å²) in [6.07, 6.45) is 34.3. The minimum Gasteiger partial charge on any atom is -0.394 e. The molecule has 17 atom stereocenters. The van der Waals surface area contributed by atoms with Crippen molar-refractivity contribution in [3.63, 3.8) is 0 Å². The van der Waals surface area contributed by atoms with Crippen LogP contribution in [-0.4, -0.2) is 193 Å². The Bertz CT molecular complexity index is 1760. The lowest BCUT2D eigenvalue weighted by Gasteiger charge is -2.48. The largest absolute Gasteiger partial charge is 0.394 e. The van der Waals surface area contributed by atoms with Gasteiger partial charge in [0, 0.05) is 6.42 Å². The quantitative estimate of drug-likeness (QED) is 0.0199. The maximum Gasteiger partial charge on any atom is 0.220 e. The van der Waals surface area contributed by atoms with Crippen LogP contribution in [-0.2, 0) is 33.2 Å². The van der Waals surface area contributed by atoms with E-state index in [9.17, 15) is 61.0 Å². The summed E-state index contributed by atoms with van der Waals surface area (Å²) in [5.41, 5.74) is 0. The van der Waals surface area contributed by atoms with E-state index in [1.54, 1.807) is 6.08 Å². The van der Waals surface area contributed by atoms with Gasteiger partial charge in [0.05, 0.1) is 38.6 Å². The van der Waals surface area contributed by atoms with Crippen molar-refractivity contribution in [2.24, 2.45) is 0 Å². The Morgan fingerprint density at radius 1 is 0.393 bits per heavy atom. The third-order valence-electron chi connectivity index (χ3n) is 17.9. The van der Waals surface area contributed by atoms with Gasteiger partial charge in [-0.15, -0.1) is 0 Å². The topological polar surface area (TPSA) is 307 Å². The van der Waals surface area contributed by atoms with E-state index in [1.807, 2.05) is 6.08 Å². The fourth-order valence-electron chi connectivity index (χ4n) is 12.1. The highest BCUT2D eigenvalue weighted by Gasteiger charge is 2.53. The van der Waals surface area contributed by atoms with Gasteiger partial charge in [-0.05, 0) is 57.8 Å². The first-order chi connectivity index (χ1) is 43.3. The number of amides is 1. The highest BCUT2D eigenvalue weighted by Crippen LogP contribution is 2.33. The molecule has 3 rings (SSSR count). The average Bonchev–Trinajstić information content (AvgIpc) is 2.35. The molecule has 0 aliphatic carbocycles. The van der Waals surface area contributed by atoms with Gasteiger partial charge in [0.25, 0.3) is 0 Å². The Balaban J connectivity index is 1.41. The molecule has 3 aliphatic rings. The van der Waals surface area contributed by atoms with Crippen molar-refractivity contribution in [2.75, 3.05) is 26.4 Å². The van der Waals surface area contributed by atoms with Crippen LogP contribution >= 0.6 is 0 Å². The zero-order valence-corrected chi connectivity index (χ0v) is 55.2. The van der Waals surface area contributed by atoms with Crippen LogP contribution < -0.4 is 5.32 Å². The number of unbranched alkanes of at least 4 members (excludes halogenated alkanes) is 35. The van der Waals surface area contributed by atoms with Crippen molar-refractivity contribution in [2.45, 2.75) is 375 Å².